The van der Waals surface area contributed by atoms with Crippen LogP contribution in [0.15, 0.2) is 0 Å². The lowest BCUT2D eigenvalue weighted by Crippen LogP contribution is -2.33. The van der Waals surface area contributed by atoms with Gasteiger partial charge in [-0.2, -0.15) is 11.8 Å². The zero-order chi connectivity index (χ0) is 11.0. The molecule has 1 unspecified atom stereocenters. The van der Waals surface area contributed by atoms with Crippen LogP contribution in [0.25, 0.3) is 0 Å². The van der Waals surface area contributed by atoms with Crippen molar-refractivity contribution in [3.8, 4) is 0 Å². The van der Waals surface area contributed by atoms with Gasteiger partial charge in [0.25, 0.3) is 0 Å². The number of rotatable bonds is 8. The summed E-state index contributed by atoms with van der Waals surface area (Å²) in [5.41, 5.74) is 5.36. The summed E-state index contributed by atoms with van der Waals surface area (Å²) in [6.07, 6.45) is 1.90. The minimum absolute atomic E-state index is 0.285. The second kappa shape index (κ2) is 8.12. The van der Waals surface area contributed by atoms with Crippen molar-refractivity contribution in [1.82, 2.24) is 4.90 Å². The summed E-state index contributed by atoms with van der Waals surface area (Å²) in [5, 5.41) is 7.21. The lowest BCUT2D eigenvalue weighted by molar-refractivity contribution is 0.264. The van der Waals surface area contributed by atoms with Crippen molar-refractivity contribution in [2.45, 2.75) is 32.7 Å². The minimum atomic E-state index is 0.285. The highest BCUT2D eigenvalue weighted by molar-refractivity contribution is 7.99. The van der Waals surface area contributed by atoms with Crippen LogP contribution in [0.5, 0.6) is 0 Å². The van der Waals surface area contributed by atoms with Crippen LogP contribution in [0.2, 0.25) is 0 Å². The third-order valence-corrected chi connectivity index (χ3v) is 3.26. The first-order valence-electron chi connectivity index (χ1n) is 5.18. The van der Waals surface area contributed by atoms with Crippen LogP contribution < -0.4 is 5.73 Å². The minimum Gasteiger partial charge on any atom is -0.388 e. The normalized spacial score (nSPS) is 13.1. The Morgan fingerprint density at radius 2 is 2.21 bits per heavy atom. The summed E-state index contributed by atoms with van der Waals surface area (Å²) in [6, 6.07) is 0.388. The van der Waals surface area contributed by atoms with E-state index in [0.29, 0.717) is 12.5 Å². The van der Waals surface area contributed by atoms with E-state index in [0.717, 1.165) is 6.54 Å². The maximum atomic E-state index is 7.21. The molecular weight excluding hydrogens is 194 g/mol. The van der Waals surface area contributed by atoms with Crippen LogP contribution in [0, 0.1) is 5.41 Å². The molecule has 3 nitrogen and oxygen atoms in total. The summed E-state index contributed by atoms with van der Waals surface area (Å²) in [4.78, 5) is 2.28. The van der Waals surface area contributed by atoms with Crippen molar-refractivity contribution in [2.24, 2.45) is 5.73 Å². The topological polar surface area (TPSA) is 53.1 Å². The fraction of sp³-hybridized carbons (Fsp3) is 0.900. The number of thioether (sulfide) groups is 1. The van der Waals surface area contributed by atoms with Gasteiger partial charge in [-0.15, -0.1) is 0 Å². The van der Waals surface area contributed by atoms with Gasteiger partial charge in [-0.25, -0.2) is 0 Å². The molecule has 0 fully saturated rings. The predicted octanol–water partition coefficient (Wildman–Crippen LogP) is 1.78. The Kier molecular flexibility index (Phi) is 7.99. The standard InChI is InChI=1S/C10H23N3S/c1-4-14-7-5-6-13(3)9(2)8-10(11)12/h9H,4-8H2,1-3H3,(H3,11,12). The Morgan fingerprint density at radius 3 is 2.71 bits per heavy atom. The van der Waals surface area contributed by atoms with E-state index in [1.165, 1.54) is 17.9 Å². The molecule has 0 saturated carbocycles. The predicted molar refractivity (Wildman–Crippen MR) is 66.2 cm³/mol. The van der Waals surface area contributed by atoms with E-state index in [-0.39, 0.29) is 5.84 Å². The third kappa shape index (κ3) is 7.21. The van der Waals surface area contributed by atoms with Crippen LogP contribution in [-0.4, -0.2) is 41.9 Å². The highest BCUT2D eigenvalue weighted by atomic mass is 32.2. The molecule has 0 aliphatic heterocycles. The van der Waals surface area contributed by atoms with E-state index < -0.39 is 0 Å². The van der Waals surface area contributed by atoms with Gasteiger partial charge < -0.3 is 10.6 Å². The summed E-state index contributed by atoms with van der Waals surface area (Å²) in [6.45, 7) is 5.41. The molecule has 0 aliphatic rings. The number of hydrogen-bond donors (Lipinski definition) is 2. The van der Waals surface area contributed by atoms with Crippen molar-refractivity contribution in [2.75, 3.05) is 25.1 Å². The number of amidine groups is 1. The summed E-state index contributed by atoms with van der Waals surface area (Å²) in [7, 11) is 2.10. The largest absolute Gasteiger partial charge is 0.388 e. The van der Waals surface area contributed by atoms with E-state index in [2.05, 4.69) is 25.8 Å². The van der Waals surface area contributed by atoms with Crippen molar-refractivity contribution >= 4 is 17.6 Å². The van der Waals surface area contributed by atoms with Crippen molar-refractivity contribution in [3.05, 3.63) is 0 Å². The van der Waals surface area contributed by atoms with Crippen molar-refractivity contribution in [1.29, 1.82) is 5.41 Å². The Labute approximate surface area is 91.9 Å². The lowest BCUT2D eigenvalue weighted by atomic mass is 10.2. The molecule has 3 N–H and O–H groups in total. The zero-order valence-corrected chi connectivity index (χ0v) is 10.4. The molecule has 0 aliphatic carbocycles. The molecule has 0 aromatic carbocycles. The Morgan fingerprint density at radius 1 is 1.57 bits per heavy atom. The van der Waals surface area contributed by atoms with Gasteiger partial charge in [-0.05, 0) is 38.4 Å². The second-order valence-corrected chi connectivity index (χ2v) is 5.00. The van der Waals surface area contributed by atoms with E-state index >= 15 is 0 Å². The van der Waals surface area contributed by atoms with E-state index in [1.54, 1.807) is 0 Å². The molecular formula is C10H23N3S. The van der Waals surface area contributed by atoms with Gasteiger partial charge in [0.1, 0.15) is 0 Å². The highest BCUT2D eigenvalue weighted by Gasteiger charge is 2.09. The molecule has 0 radical (unpaired) electrons. The first-order chi connectivity index (χ1) is 6.57. The van der Waals surface area contributed by atoms with E-state index in [9.17, 15) is 0 Å². The van der Waals surface area contributed by atoms with Crippen LogP contribution in [0.1, 0.15) is 26.7 Å². The maximum absolute atomic E-state index is 7.21. The molecule has 84 valence electrons. The molecule has 0 heterocycles. The SMILES string of the molecule is CCSCCCN(C)C(C)CC(=N)N. The van der Waals surface area contributed by atoms with Crippen LogP contribution in [0.3, 0.4) is 0 Å². The van der Waals surface area contributed by atoms with E-state index in [4.69, 9.17) is 11.1 Å². The Hall–Kier alpha value is -0.220. The van der Waals surface area contributed by atoms with Gasteiger partial charge in [0.15, 0.2) is 0 Å². The summed E-state index contributed by atoms with van der Waals surface area (Å²) >= 11 is 1.98. The Bertz CT molecular complexity index is 161. The quantitative estimate of drug-likeness (QED) is 0.370. The first-order valence-corrected chi connectivity index (χ1v) is 6.34. The summed E-state index contributed by atoms with van der Waals surface area (Å²) < 4.78 is 0. The average molecular weight is 217 g/mol. The molecule has 14 heavy (non-hydrogen) atoms. The Balaban J connectivity index is 3.51. The van der Waals surface area contributed by atoms with Crippen LogP contribution >= 0.6 is 11.8 Å². The fourth-order valence-corrected chi connectivity index (χ4v) is 1.88. The number of hydrogen-bond acceptors (Lipinski definition) is 3. The lowest BCUT2D eigenvalue weighted by Gasteiger charge is -2.23. The van der Waals surface area contributed by atoms with Crippen molar-refractivity contribution < 1.29 is 0 Å². The van der Waals surface area contributed by atoms with E-state index in [1.807, 2.05) is 11.8 Å². The third-order valence-electron chi connectivity index (χ3n) is 2.27. The number of nitrogens with zero attached hydrogens (tertiary/aromatic N) is 1. The van der Waals surface area contributed by atoms with Gasteiger partial charge in [-0.3, -0.25) is 5.41 Å². The van der Waals surface area contributed by atoms with Crippen molar-refractivity contribution in [3.63, 3.8) is 0 Å². The number of nitrogens with one attached hydrogen (secondary N) is 1. The van der Waals surface area contributed by atoms with Gasteiger partial charge in [0, 0.05) is 12.5 Å². The summed E-state index contributed by atoms with van der Waals surface area (Å²) in [5.74, 6) is 2.72. The second-order valence-electron chi connectivity index (χ2n) is 3.61. The molecule has 0 aromatic rings. The molecule has 0 aromatic heterocycles. The molecule has 1 atom stereocenters. The van der Waals surface area contributed by atoms with Gasteiger partial charge >= 0.3 is 0 Å². The maximum Gasteiger partial charge on any atom is 0.0920 e. The molecule has 0 rings (SSSR count). The smallest absolute Gasteiger partial charge is 0.0920 e. The highest BCUT2D eigenvalue weighted by Crippen LogP contribution is 2.05. The monoisotopic (exact) mass is 217 g/mol. The van der Waals surface area contributed by atoms with Gasteiger partial charge in [-0.1, -0.05) is 6.92 Å². The average Bonchev–Trinajstić information content (AvgIpc) is 2.11. The van der Waals surface area contributed by atoms with Crippen LogP contribution in [-0.2, 0) is 0 Å². The molecule has 0 amide bonds. The number of nitrogens with two attached hydrogens (primary N) is 1. The molecule has 0 spiro atoms. The van der Waals surface area contributed by atoms with Gasteiger partial charge in [0.05, 0.1) is 5.84 Å². The molecule has 4 heteroatoms. The van der Waals surface area contributed by atoms with Gasteiger partial charge in [0.2, 0.25) is 0 Å². The molecule has 0 bridgehead atoms. The fourth-order valence-electron chi connectivity index (χ4n) is 1.25. The zero-order valence-electron chi connectivity index (χ0n) is 9.55. The van der Waals surface area contributed by atoms with Crippen LogP contribution in [0.4, 0.5) is 0 Å². The molecule has 0 saturated heterocycles. The first kappa shape index (κ1) is 13.8.